The zero-order valence-corrected chi connectivity index (χ0v) is 17.9. The Morgan fingerprint density at radius 3 is 2.00 bits per heavy atom. The molecule has 0 amide bonds. The highest BCUT2D eigenvalue weighted by Gasteiger charge is 2.31. The van der Waals surface area contributed by atoms with Crippen molar-refractivity contribution in [2.75, 3.05) is 16.8 Å². The van der Waals surface area contributed by atoms with Crippen molar-refractivity contribution in [1.82, 2.24) is 0 Å². The van der Waals surface area contributed by atoms with Crippen LogP contribution < -0.4 is 9.80 Å². The van der Waals surface area contributed by atoms with Gasteiger partial charge in [-0.3, -0.25) is 0 Å². The molecule has 2 nitrogen and oxygen atoms in total. The Bertz CT molecular complexity index is 1090. The van der Waals surface area contributed by atoms with Crippen LogP contribution in [-0.2, 0) is 0 Å². The number of fused-ring (bicyclic) bond motifs is 1. The van der Waals surface area contributed by atoms with E-state index in [-0.39, 0.29) is 0 Å². The minimum atomic E-state index is 0.310. The van der Waals surface area contributed by atoms with Crippen LogP contribution >= 0.6 is 0 Å². The number of para-hydroxylation sites is 2. The van der Waals surface area contributed by atoms with Gasteiger partial charge in [-0.15, -0.1) is 0 Å². The van der Waals surface area contributed by atoms with Gasteiger partial charge in [-0.05, 0) is 66.9 Å². The van der Waals surface area contributed by atoms with E-state index >= 15 is 0 Å². The Morgan fingerprint density at radius 2 is 1.29 bits per heavy atom. The van der Waals surface area contributed by atoms with Gasteiger partial charge in [-0.25, -0.2) is 0 Å². The molecule has 0 saturated carbocycles. The maximum atomic E-state index is 2.50. The quantitative estimate of drug-likeness (QED) is 0.436. The molecular weight excluding hydrogens is 376 g/mol. The third-order valence-electron chi connectivity index (χ3n) is 6.38. The van der Waals surface area contributed by atoms with Crippen molar-refractivity contribution in [2.24, 2.45) is 5.92 Å². The van der Waals surface area contributed by atoms with Crippen molar-refractivity contribution in [2.45, 2.75) is 18.9 Å². The molecule has 0 N–H and O–H groups in total. The average molecular weight is 405 g/mol. The van der Waals surface area contributed by atoms with E-state index in [1.54, 1.807) is 0 Å². The van der Waals surface area contributed by atoms with E-state index in [2.05, 4.69) is 132 Å². The fourth-order valence-electron chi connectivity index (χ4n) is 4.73. The Labute approximate surface area is 185 Å². The van der Waals surface area contributed by atoms with Crippen LogP contribution in [0.4, 0.5) is 22.7 Å². The Balaban J connectivity index is 1.50. The summed E-state index contributed by atoms with van der Waals surface area (Å²) in [5.74, 6) is 0.516. The van der Waals surface area contributed by atoms with Gasteiger partial charge >= 0.3 is 0 Å². The molecule has 0 spiro atoms. The number of rotatable bonds is 5. The highest BCUT2D eigenvalue weighted by molar-refractivity contribution is 5.70. The maximum Gasteiger partial charge on any atom is 0.0594 e. The topological polar surface area (TPSA) is 6.48 Å². The molecule has 0 heterocycles. The van der Waals surface area contributed by atoms with Gasteiger partial charge < -0.3 is 9.80 Å². The summed E-state index contributed by atoms with van der Waals surface area (Å²) in [6.45, 7) is 0. The van der Waals surface area contributed by atoms with Crippen molar-refractivity contribution < 1.29 is 0 Å². The summed E-state index contributed by atoms with van der Waals surface area (Å²) in [7, 11) is 2.12. The van der Waals surface area contributed by atoms with Crippen molar-refractivity contribution >= 4 is 22.7 Å². The second-order valence-electron chi connectivity index (χ2n) is 8.24. The minimum Gasteiger partial charge on any atom is -0.345 e. The van der Waals surface area contributed by atoms with Crippen molar-refractivity contribution in [3.8, 4) is 0 Å². The number of nitrogens with zero attached hydrogens (tertiary/aromatic N) is 2. The average Bonchev–Trinajstić information content (AvgIpc) is 2.86. The number of hydrogen-bond acceptors (Lipinski definition) is 2. The molecule has 0 fully saturated rings. The van der Waals surface area contributed by atoms with E-state index in [0.29, 0.717) is 12.0 Å². The molecular formula is C29H28N2. The molecule has 31 heavy (non-hydrogen) atoms. The van der Waals surface area contributed by atoms with E-state index in [1.807, 2.05) is 0 Å². The maximum absolute atomic E-state index is 2.50. The first-order valence-corrected chi connectivity index (χ1v) is 11.1. The highest BCUT2D eigenvalue weighted by atomic mass is 15.2. The summed E-state index contributed by atoms with van der Waals surface area (Å²) < 4.78 is 0. The first kappa shape index (κ1) is 19.4. The molecule has 2 heteroatoms. The molecule has 2 atom stereocenters. The summed E-state index contributed by atoms with van der Waals surface area (Å²) in [5, 5.41) is 0. The lowest BCUT2D eigenvalue weighted by atomic mass is 9.79. The lowest BCUT2D eigenvalue weighted by Gasteiger charge is -2.40. The van der Waals surface area contributed by atoms with Gasteiger partial charge in [0, 0.05) is 35.7 Å². The van der Waals surface area contributed by atoms with Crippen molar-refractivity contribution in [1.29, 1.82) is 0 Å². The Kier molecular flexibility index (Phi) is 5.45. The fourth-order valence-corrected chi connectivity index (χ4v) is 4.73. The lowest BCUT2D eigenvalue weighted by molar-refractivity contribution is 0.496. The van der Waals surface area contributed by atoms with E-state index in [4.69, 9.17) is 0 Å². The largest absolute Gasteiger partial charge is 0.345 e. The van der Waals surface area contributed by atoms with E-state index < -0.39 is 0 Å². The number of hydrogen-bond donors (Lipinski definition) is 0. The monoisotopic (exact) mass is 404 g/mol. The molecule has 0 bridgehead atoms. The van der Waals surface area contributed by atoms with Crippen LogP contribution in [0.5, 0.6) is 0 Å². The fraction of sp³-hybridized carbons (Fsp3) is 0.172. The number of benzene rings is 3. The summed E-state index contributed by atoms with van der Waals surface area (Å²) in [4.78, 5) is 4.73. The second kappa shape index (κ2) is 8.69. The zero-order valence-electron chi connectivity index (χ0n) is 17.9. The van der Waals surface area contributed by atoms with Gasteiger partial charge in [0.05, 0.1) is 6.04 Å². The molecule has 0 aliphatic heterocycles. The minimum absolute atomic E-state index is 0.310. The van der Waals surface area contributed by atoms with Gasteiger partial charge in [0.25, 0.3) is 0 Å². The third kappa shape index (κ3) is 3.94. The first-order valence-electron chi connectivity index (χ1n) is 11.1. The second-order valence-corrected chi connectivity index (χ2v) is 8.24. The predicted octanol–water partition coefficient (Wildman–Crippen LogP) is 7.42. The van der Waals surface area contributed by atoms with E-state index in [1.165, 1.54) is 34.7 Å². The summed E-state index contributed by atoms with van der Waals surface area (Å²) in [5.41, 5.74) is 6.27. The molecule has 2 aliphatic rings. The smallest absolute Gasteiger partial charge is 0.0594 e. The van der Waals surface area contributed by atoms with Crippen molar-refractivity contribution in [3.63, 3.8) is 0 Å². The van der Waals surface area contributed by atoms with Crippen LogP contribution in [0.1, 0.15) is 12.8 Å². The summed E-state index contributed by atoms with van der Waals surface area (Å²) in [6, 6.07) is 30.5. The SMILES string of the molecule is CN(c1ccccc1)c1ccc(N(c2ccccc2)C2C=CC=C3C=CCCC32)cc1. The van der Waals surface area contributed by atoms with Crippen LogP contribution in [0.15, 0.2) is 121 Å². The van der Waals surface area contributed by atoms with Gasteiger partial charge in [-0.2, -0.15) is 0 Å². The first-order chi connectivity index (χ1) is 15.3. The molecule has 5 rings (SSSR count). The predicted molar refractivity (Wildman–Crippen MR) is 132 cm³/mol. The highest BCUT2D eigenvalue weighted by Crippen LogP contribution is 2.39. The van der Waals surface area contributed by atoms with Crippen molar-refractivity contribution in [3.05, 3.63) is 121 Å². The summed E-state index contributed by atoms with van der Waals surface area (Å²) >= 11 is 0. The van der Waals surface area contributed by atoms with Gasteiger partial charge in [-0.1, -0.05) is 66.8 Å². The number of allylic oxidation sites excluding steroid dienone is 4. The lowest BCUT2D eigenvalue weighted by Crippen LogP contribution is -2.38. The van der Waals surface area contributed by atoms with Gasteiger partial charge in [0.1, 0.15) is 0 Å². The molecule has 3 aromatic carbocycles. The standard InChI is InChI=1S/C29H28N2/c1-30(24-13-4-2-5-14-24)25-19-21-27(22-20-25)31(26-15-6-3-7-16-26)29-18-10-12-23-11-8-9-17-28(23)29/h2-8,10-16,18-22,28-29H,9,17H2,1H3. The molecule has 0 saturated heterocycles. The zero-order chi connectivity index (χ0) is 21.0. The van der Waals surface area contributed by atoms with Crippen LogP contribution in [0.25, 0.3) is 0 Å². The summed E-state index contributed by atoms with van der Waals surface area (Å²) in [6.07, 6.45) is 13.8. The van der Waals surface area contributed by atoms with Crippen LogP contribution in [0.2, 0.25) is 0 Å². The van der Waals surface area contributed by atoms with E-state index in [0.717, 1.165) is 6.42 Å². The molecule has 0 aromatic heterocycles. The van der Waals surface area contributed by atoms with Crippen LogP contribution in [-0.4, -0.2) is 13.1 Å². The van der Waals surface area contributed by atoms with E-state index in [9.17, 15) is 0 Å². The van der Waals surface area contributed by atoms with Crippen LogP contribution in [0, 0.1) is 5.92 Å². The molecule has 2 unspecified atom stereocenters. The Hall–Kier alpha value is -3.52. The van der Waals surface area contributed by atoms with Gasteiger partial charge in [0.2, 0.25) is 0 Å². The molecule has 3 aromatic rings. The molecule has 2 aliphatic carbocycles. The normalized spacial score (nSPS) is 19.5. The molecule has 154 valence electrons. The number of anilines is 4. The molecule has 0 radical (unpaired) electrons. The third-order valence-corrected chi connectivity index (χ3v) is 6.38. The van der Waals surface area contributed by atoms with Gasteiger partial charge in [0.15, 0.2) is 0 Å². The van der Waals surface area contributed by atoms with Crippen LogP contribution in [0.3, 0.4) is 0 Å². The Morgan fingerprint density at radius 1 is 0.710 bits per heavy atom.